The van der Waals surface area contributed by atoms with Crippen molar-refractivity contribution in [1.29, 1.82) is 0 Å². The van der Waals surface area contributed by atoms with Crippen LogP contribution in [0.3, 0.4) is 0 Å². The number of aromatic nitrogens is 3. The molecule has 18 heavy (non-hydrogen) atoms. The summed E-state index contributed by atoms with van der Waals surface area (Å²) >= 11 is 1.25. The number of nitrogens with zero attached hydrogens (tertiary/aromatic N) is 3. The van der Waals surface area contributed by atoms with Crippen molar-refractivity contribution in [2.75, 3.05) is 12.4 Å². The van der Waals surface area contributed by atoms with E-state index in [1.807, 2.05) is 12.1 Å². The van der Waals surface area contributed by atoms with Gasteiger partial charge in [0.15, 0.2) is 0 Å². The number of benzene rings is 1. The maximum atomic E-state index is 5.36. The zero-order valence-electron chi connectivity index (χ0n) is 10.7. The van der Waals surface area contributed by atoms with E-state index in [1.165, 1.54) is 22.7 Å². The molecule has 0 aliphatic rings. The van der Waals surface area contributed by atoms with Crippen molar-refractivity contribution in [2.45, 2.75) is 26.3 Å². The summed E-state index contributed by atoms with van der Waals surface area (Å²) in [5.41, 5.74) is 2.40. The highest BCUT2D eigenvalue weighted by Gasteiger charge is 2.08. The van der Waals surface area contributed by atoms with Gasteiger partial charge in [0.25, 0.3) is 0 Å². The molecule has 2 rings (SSSR count). The molecule has 0 amide bonds. The van der Waals surface area contributed by atoms with Gasteiger partial charge in [-0.2, -0.15) is 0 Å². The highest BCUT2D eigenvalue weighted by Crippen LogP contribution is 2.27. The smallest absolute Gasteiger partial charge is 0.225 e. The van der Waals surface area contributed by atoms with Gasteiger partial charge in [-0.25, -0.2) is 0 Å². The lowest BCUT2D eigenvalue weighted by atomic mass is 9.99. The van der Waals surface area contributed by atoms with Crippen LogP contribution >= 0.6 is 11.5 Å². The van der Waals surface area contributed by atoms with Crippen LogP contribution in [0.4, 0.5) is 5.13 Å². The number of ether oxygens (including phenoxy) is 1. The lowest BCUT2D eigenvalue weighted by Crippen LogP contribution is -2.01. The summed E-state index contributed by atoms with van der Waals surface area (Å²) < 4.78 is 9.07. The molecule has 0 saturated heterocycles. The summed E-state index contributed by atoms with van der Waals surface area (Å²) in [6, 6.07) is 6.21. The van der Waals surface area contributed by atoms with Crippen molar-refractivity contribution in [1.82, 2.24) is 14.8 Å². The summed E-state index contributed by atoms with van der Waals surface area (Å²) in [5.74, 6) is 1.37. The summed E-state index contributed by atoms with van der Waals surface area (Å²) in [6.45, 7) is 5.02. The van der Waals surface area contributed by atoms with E-state index in [0.29, 0.717) is 12.5 Å². The highest BCUT2D eigenvalue weighted by molar-refractivity contribution is 7.09. The van der Waals surface area contributed by atoms with E-state index in [9.17, 15) is 0 Å². The Kier molecular flexibility index (Phi) is 4.09. The molecule has 1 aromatic heterocycles. The number of hydrogen-bond donors (Lipinski definition) is 1. The van der Waals surface area contributed by atoms with Gasteiger partial charge >= 0.3 is 0 Å². The Morgan fingerprint density at radius 3 is 2.83 bits per heavy atom. The Labute approximate surface area is 110 Å². The molecule has 6 heteroatoms. The number of hydrogen-bond acceptors (Lipinski definition) is 6. The van der Waals surface area contributed by atoms with Crippen LogP contribution in [0.25, 0.3) is 0 Å². The van der Waals surface area contributed by atoms with E-state index in [2.05, 4.69) is 40.0 Å². The van der Waals surface area contributed by atoms with Gasteiger partial charge in [-0.3, -0.25) is 0 Å². The first-order valence-corrected chi connectivity index (χ1v) is 6.53. The molecule has 0 atom stereocenters. The monoisotopic (exact) mass is 264 g/mol. The third-order valence-corrected chi connectivity index (χ3v) is 3.21. The van der Waals surface area contributed by atoms with Crippen LogP contribution in [0.5, 0.6) is 5.75 Å². The summed E-state index contributed by atoms with van der Waals surface area (Å²) in [4.78, 5) is 0. The fourth-order valence-electron chi connectivity index (χ4n) is 1.72. The number of anilines is 1. The van der Waals surface area contributed by atoms with Gasteiger partial charge in [0, 0.05) is 18.1 Å². The van der Waals surface area contributed by atoms with Crippen LogP contribution in [-0.2, 0) is 6.54 Å². The van der Waals surface area contributed by atoms with E-state index < -0.39 is 0 Å². The maximum absolute atomic E-state index is 5.36. The van der Waals surface area contributed by atoms with Gasteiger partial charge in [0.05, 0.1) is 7.11 Å². The molecule has 0 unspecified atom stereocenters. The fourth-order valence-corrected chi connectivity index (χ4v) is 2.08. The van der Waals surface area contributed by atoms with Gasteiger partial charge in [-0.05, 0) is 28.3 Å². The lowest BCUT2D eigenvalue weighted by Gasteiger charge is -2.13. The van der Waals surface area contributed by atoms with Crippen molar-refractivity contribution in [3.05, 3.63) is 29.3 Å². The van der Waals surface area contributed by atoms with Crippen LogP contribution in [0, 0.1) is 0 Å². The van der Waals surface area contributed by atoms with Crippen LogP contribution in [0.15, 0.2) is 18.2 Å². The number of rotatable bonds is 5. The SMILES string of the molecule is COc1ccc(CNc2nnns2)cc1C(C)C. The predicted octanol–water partition coefficient (Wildman–Crippen LogP) is 2.68. The molecule has 96 valence electrons. The Morgan fingerprint density at radius 2 is 2.22 bits per heavy atom. The minimum Gasteiger partial charge on any atom is -0.496 e. The molecule has 0 aliphatic carbocycles. The minimum atomic E-state index is 0.433. The van der Waals surface area contributed by atoms with Crippen molar-refractivity contribution in [2.24, 2.45) is 0 Å². The third kappa shape index (κ3) is 2.95. The van der Waals surface area contributed by atoms with Crippen molar-refractivity contribution < 1.29 is 4.74 Å². The summed E-state index contributed by atoms with van der Waals surface area (Å²) in [5, 5.41) is 11.3. The van der Waals surface area contributed by atoms with Crippen LogP contribution in [0.1, 0.15) is 30.9 Å². The summed E-state index contributed by atoms with van der Waals surface area (Å²) in [7, 11) is 1.70. The normalized spacial score (nSPS) is 10.7. The topological polar surface area (TPSA) is 59.9 Å². The second kappa shape index (κ2) is 5.77. The first-order valence-electron chi connectivity index (χ1n) is 5.76. The van der Waals surface area contributed by atoms with Crippen LogP contribution in [-0.4, -0.2) is 21.9 Å². The summed E-state index contributed by atoms with van der Waals surface area (Å²) in [6.07, 6.45) is 0. The average molecular weight is 264 g/mol. The minimum absolute atomic E-state index is 0.433. The average Bonchev–Trinajstić information content (AvgIpc) is 2.89. The molecule has 2 aromatic rings. The van der Waals surface area contributed by atoms with Gasteiger partial charge in [-0.15, -0.1) is 0 Å². The van der Waals surface area contributed by atoms with E-state index >= 15 is 0 Å². The Bertz CT molecular complexity index is 499. The molecule has 0 spiro atoms. The van der Waals surface area contributed by atoms with E-state index in [1.54, 1.807) is 7.11 Å². The molecule has 0 aliphatic heterocycles. The van der Waals surface area contributed by atoms with E-state index in [-0.39, 0.29) is 0 Å². The quantitative estimate of drug-likeness (QED) is 0.899. The number of nitrogens with one attached hydrogen (secondary N) is 1. The molecular weight excluding hydrogens is 248 g/mol. The van der Waals surface area contributed by atoms with E-state index in [0.717, 1.165) is 10.9 Å². The first kappa shape index (κ1) is 12.8. The van der Waals surface area contributed by atoms with E-state index in [4.69, 9.17) is 4.74 Å². The van der Waals surface area contributed by atoms with Gasteiger partial charge in [0.2, 0.25) is 5.13 Å². The molecular formula is C12H16N4OS. The zero-order valence-corrected chi connectivity index (χ0v) is 11.5. The fraction of sp³-hybridized carbons (Fsp3) is 0.417. The van der Waals surface area contributed by atoms with Crippen LogP contribution < -0.4 is 10.1 Å². The largest absolute Gasteiger partial charge is 0.496 e. The van der Waals surface area contributed by atoms with Crippen molar-refractivity contribution in [3.63, 3.8) is 0 Å². The first-order chi connectivity index (χ1) is 8.70. The number of methoxy groups -OCH3 is 1. The molecule has 0 fully saturated rings. The standard InChI is InChI=1S/C12H16N4OS/c1-8(2)10-6-9(4-5-11(10)17-3)7-13-12-14-15-16-18-12/h4-6,8H,7H2,1-3H3,(H,13,14,16). The molecule has 0 radical (unpaired) electrons. The van der Waals surface area contributed by atoms with Crippen LogP contribution in [0.2, 0.25) is 0 Å². The second-order valence-electron chi connectivity index (χ2n) is 4.25. The lowest BCUT2D eigenvalue weighted by molar-refractivity contribution is 0.407. The molecule has 1 aromatic carbocycles. The van der Waals surface area contributed by atoms with Gasteiger partial charge in [0.1, 0.15) is 5.75 Å². The van der Waals surface area contributed by atoms with Crippen molar-refractivity contribution in [3.8, 4) is 5.75 Å². The Morgan fingerprint density at radius 1 is 1.39 bits per heavy atom. The molecule has 1 N–H and O–H groups in total. The maximum Gasteiger partial charge on any atom is 0.225 e. The molecule has 5 nitrogen and oxygen atoms in total. The molecule has 0 saturated carbocycles. The Balaban J connectivity index is 2.11. The molecule has 0 bridgehead atoms. The molecule has 1 heterocycles. The van der Waals surface area contributed by atoms with Gasteiger partial charge in [-0.1, -0.05) is 35.6 Å². The van der Waals surface area contributed by atoms with Crippen molar-refractivity contribution >= 4 is 16.7 Å². The highest BCUT2D eigenvalue weighted by atomic mass is 32.1. The Hall–Kier alpha value is -1.69. The predicted molar refractivity (Wildman–Crippen MR) is 72.1 cm³/mol. The third-order valence-electron chi connectivity index (χ3n) is 2.66. The second-order valence-corrected chi connectivity index (χ2v) is 4.98. The zero-order chi connectivity index (χ0) is 13.0. The van der Waals surface area contributed by atoms with Gasteiger partial charge < -0.3 is 10.1 Å².